The summed E-state index contributed by atoms with van der Waals surface area (Å²) in [7, 11) is 0. The monoisotopic (exact) mass is 472 g/mol. The molecule has 3 aliphatic rings. The first-order valence-corrected chi connectivity index (χ1v) is 12.2. The summed E-state index contributed by atoms with van der Waals surface area (Å²) in [6.07, 6.45) is 1.03. The second kappa shape index (κ2) is 8.64. The predicted octanol–water partition coefficient (Wildman–Crippen LogP) is 2.59. The molecule has 8 nitrogen and oxygen atoms in total. The van der Waals surface area contributed by atoms with Crippen molar-refractivity contribution in [1.82, 2.24) is 4.90 Å². The minimum absolute atomic E-state index is 0.103. The van der Waals surface area contributed by atoms with Crippen molar-refractivity contribution in [1.29, 1.82) is 0 Å². The van der Waals surface area contributed by atoms with Gasteiger partial charge in [0.2, 0.25) is 11.8 Å². The lowest BCUT2D eigenvalue weighted by Gasteiger charge is -2.38. The lowest BCUT2D eigenvalue weighted by molar-refractivity contribution is -0.160. The molecule has 2 unspecified atom stereocenters. The summed E-state index contributed by atoms with van der Waals surface area (Å²) in [6.45, 7) is 11.1. The van der Waals surface area contributed by atoms with Crippen molar-refractivity contribution < 1.29 is 29.0 Å². The number of aliphatic hydroxyl groups is 1. The smallest absolute Gasteiger partial charge is 0.312 e. The number of hydrogen-bond acceptors (Lipinski definition) is 6. The molecule has 0 radical (unpaired) electrons. The molecule has 6 atom stereocenters. The second-order valence-corrected chi connectivity index (χ2v) is 10.5. The first kappa shape index (κ1) is 24.7. The number of nitrogens with zero attached hydrogens (tertiary/aromatic N) is 1. The van der Waals surface area contributed by atoms with E-state index in [0.29, 0.717) is 18.5 Å². The molecule has 3 fully saturated rings. The van der Waals surface area contributed by atoms with Crippen LogP contribution in [0.5, 0.6) is 0 Å². The van der Waals surface area contributed by atoms with Crippen molar-refractivity contribution >= 4 is 23.5 Å². The number of likely N-dealkylation sites (tertiary alicyclic amines) is 1. The summed E-state index contributed by atoms with van der Waals surface area (Å²) in [5.41, 5.74) is 0.554. The first-order chi connectivity index (χ1) is 16.0. The number of ether oxygens (including phenoxy) is 2. The Labute approximate surface area is 201 Å². The van der Waals surface area contributed by atoms with Gasteiger partial charge in [0.1, 0.15) is 17.6 Å². The van der Waals surface area contributed by atoms with Crippen LogP contribution in [0.1, 0.15) is 51.7 Å². The first-order valence-electron chi connectivity index (χ1n) is 12.2. The third-order valence-corrected chi connectivity index (χ3v) is 7.97. The lowest BCUT2D eigenvalue weighted by atomic mass is 9.66. The Hall–Kier alpha value is -2.45. The Morgan fingerprint density at radius 3 is 2.62 bits per heavy atom. The number of aryl methyl sites for hydroxylation is 2. The van der Waals surface area contributed by atoms with E-state index < -0.39 is 41.1 Å². The van der Waals surface area contributed by atoms with Crippen LogP contribution in [0.4, 0.5) is 5.69 Å². The summed E-state index contributed by atoms with van der Waals surface area (Å²) < 4.78 is 11.9. The minimum atomic E-state index is -1.15. The van der Waals surface area contributed by atoms with Crippen molar-refractivity contribution in [3.05, 3.63) is 29.3 Å². The SMILES string of the molecule is CCOC(=O)[C@H]1[C@H]2C(=O)N([C@@H](CO)C(C)C)C(C(=O)Nc3cc(C)ccc3C)C23CC[C@]1(C)O3. The normalized spacial score (nSPS) is 32.8. The van der Waals surface area contributed by atoms with Gasteiger partial charge in [0.25, 0.3) is 0 Å². The van der Waals surface area contributed by atoms with Gasteiger partial charge >= 0.3 is 5.97 Å². The van der Waals surface area contributed by atoms with Crippen LogP contribution in [0.3, 0.4) is 0 Å². The molecule has 0 aliphatic carbocycles. The Bertz CT molecular complexity index is 1010. The summed E-state index contributed by atoms with van der Waals surface area (Å²) in [4.78, 5) is 42.4. The van der Waals surface area contributed by atoms with Crippen LogP contribution in [-0.2, 0) is 23.9 Å². The molecule has 3 heterocycles. The Morgan fingerprint density at radius 1 is 1.29 bits per heavy atom. The summed E-state index contributed by atoms with van der Waals surface area (Å²) >= 11 is 0. The molecule has 1 spiro atoms. The number of esters is 1. The van der Waals surface area contributed by atoms with Crippen molar-refractivity contribution in [3.63, 3.8) is 0 Å². The minimum Gasteiger partial charge on any atom is -0.466 e. The number of hydrogen-bond donors (Lipinski definition) is 2. The molecule has 3 saturated heterocycles. The van der Waals surface area contributed by atoms with E-state index in [1.54, 1.807) is 6.92 Å². The molecular weight excluding hydrogens is 436 g/mol. The highest BCUT2D eigenvalue weighted by Gasteiger charge is 2.78. The molecule has 4 rings (SSSR count). The number of nitrogens with one attached hydrogen (secondary N) is 1. The van der Waals surface area contributed by atoms with Gasteiger partial charge in [0, 0.05) is 5.69 Å². The molecule has 1 aromatic rings. The Kier molecular flexibility index (Phi) is 6.27. The maximum Gasteiger partial charge on any atom is 0.312 e. The third kappa shape index (κ3) is 3.53. The predicted molar refractivity (Wildman–Crippen MR) is 126 cm³/mol. The van der Waals surface area contributed by atoms with Crippen LogP contribution in [0.2, 0.25) is 0 Å². The molecular formula is C26H36N2O6. The summed E-state index contributed by atoms with van der Waals surface area (Å²) in [5.74, 6) is -2.87. The van der Waals surface area contributed by atoms with E-state index in [-0.39, 0.29) is 30.9 Å². The molecule has 3 aliphatic heterocycles. The molecule has 2 N–H and O–H groups in total. The van der Waals surface area contributed by atoms with Gasteiger partial charge in [0.15, 0.2) is 0 Å². The Morgan fingerprint density at radius 2 is 2.00 bits per heavy atom. The standard InChI is InChI=1S/C26H36N2O6/c1-7-33-24(32)20-19-23(31)28(18(13-29)14(2)3)21(26(19)11-10-25(20,6)34-26)22(30)27-17-12-15(4)8-9-16(17)5/h8-9,12,14,18-21,29H,7,10-11,13H2,1-6H3,(H,27,30)/t18-,19-,20+,21?,25-,26?/m0/s1. The second-order valence-electron chi connectivity index (χ2n) is 10.5. The van der Waals surface area contributed by atoms with Gasteiger partial charge in [-0.05, 0) is 63.6 Å². The van der Waals surface area contributed by atoms with Crippen molar-refractivity contribution in [3.8, 4) is 0 Å². The maximum absolute atomic E-state index is 14.0. The largest absolute Gasteiger partial charge is 0.466 e. The van der Waals surface area contributed by atoms with Crippen molar-refractivity contribution in [2.75, 3.05) is 18.5 Å². The van der Waals surface area contributed by atoms with E-state index in [4.69, 9.17) is 9.47 Å². The van der Waals surface area contributed by atoms with Crippen molar-refractivity contribution in [2.45, 2.75) is 77.7 Å². The number of carbonyl (C=O) groups excluding carboxylic acids is 3. The van der Waals surface area contributed by atoms with Crippen LogP contribution in [0.25, 0.3) is 0 Å². The van der Waals surface area contributed by atoms with E-state index in [2.05, 4.69) is 5.32 Å². The van der Waals surface area contributed by atoms with Gasteiger partial charge in [0.05, 0.1) is 30.8 Å². The van der Waals surface area contributed by atoms with Gasteiger partial charge in [-0.2, -0.15) is 0 Å². The summed E-state index contributed by atoms with van der Waals surface area (Å²) in [5, 5.41) is 13.2. The number of rotatable bonds is 7. The van der Waals surface area contributed by atoms with Gasteiger partial charge in [-0.3, -0.25) is 14.4 Å². The molecule has 34 heavy (non-hydrogen) atoms. The maximum atomic E-state index is 14.0. The highest BCUT2D eigenvalue weighted by Crippen LogP contribution is 2.63. The van der Waals surface area contributed by atoms with E-state index in [9.17, 15) is 19.5 Å². The molecule has 1 aromatic carbocycles. The number of benzene rings is 1. The number of carbonyl (C=O) groups is 3. The average Bonchev–Trinajstić information content (AvgIpc) is 3.32. The summed E-state index contributed by atoms with van der Waals surface area (Å²) in [6, 6.07) is 4.25. The van der Waals surface area contributed by atoms with Crippen LogP contribution >= 0.6 is 0 Å². The zero-order chi connectivity index (χ0) is 25.0. The molecule has 2 amide bonds. The van der Waals surface area contributed by atoms with E-state index in [1.807, 2.05) is 52.8 Å². The fourth-order valence-corrected chi connectivity index (χ4v) is 6.30. The highest BCUT2D eigenvalue weighted by molar-refractivity contribution is 6.03. The number of fused-ring (bicyclic) bond motifs is 1. The van der Waals surface area contributed by atoms with E-state index in [1.165, 1.54) is 4.90 Å². The van der Waals surface area contributed by atoms with Gasteiger partial charge in [-0.25, -0.2) is 0 Å². The van der Waals surface area contributed by atoms with Gasteiger partial charge in [-0.15, -0.1) is 0 Å². The fraction of sp³-hybridized carbons (Fsp3) is 0.654. The van der Waals surface area contributed by atoms with E-state index in [0.717, 1.165) is 11.1 Å². The fourth-order valence-electron chi connectivity index (χ4n) is 6.30. The van der Waals surface area contributed by atoms with Gasteiger partial charge < -0.3 is 24.8 Å². The molecule has 2 bridgehead atoms. The van der Waals surface area contributed by atoms with E-state index >= 15 is 0 Å². The van der Waals surface area contributed by atoms with Crippen LogP contribution in [0.15, 0.2) is 18.2 Å². The topological polar surface area (TPSA) is 105 Å². The quantitative estimate of drug-likeness (QED) is 0.591. The average molecular weight is 473 g/mol. The van der Waals surface area contributed by atoms with Crippen LogP contribution in [0, 0.1) is 31.6 Å². The van der Waals surface area contributed by atoms with Crippen LogP contribution < -0.4 is 5.32 Å². The number of amides is 2. The number of aliphatic hydroxyl groups excluding tert-OH is 1. The third-order valence-electron chi connectivity index (χ3n) is 7.97. The number of anilines is 1. The lowest BCUT2D eigenvalue weighted by Crippen LogP contribution is -2.57. The zero-order valence-corrected chi connectivity index (χ0v) is 20.9. The molecule has 186 valence electrons. The van der Waals surface area contributed by atoms with Crippen LogP contribution in [-0.4, -0.2) is 64.3 Å². The zero-order valence-electron chi connectivity index (χ0n) is 20.9. The molecule has 8 heteroatoms. The van der Waals surface area contributed by atoms with Crippen molar-refractivity contribution in [2.24, 2.45) is 17.8 Å². The van der Waals surface area contributed by atoms with Gasteiger partial charge in [-0.1, -0.05) is 26.0 Å². The Balaban J connectivity index is 1.80. The molecule has 0 saturated carbocycles. The molecule has 0 aromatic heterocycles. The highest BCUT2D eigenvalue weighted by atomic mass is 16.6.